The molecule has 1 aliphatic heterocycles. The summed E-state index contributed by atoms with van der Waals surface area (Å²) < 4.78 is 2.33. The fraction of sp³-hybridized carbons (Fsp3) is 0.158. The Labute approximate surface area is 240 Å². The van der Waals surface area contributed by atoms with Gasteiger partial charge in [0.25, 0.3) is 0 Å². The van der Waals surface area contributed by atoms with Gasteiger partial charge in [0.1, 0.15) is 5.84 Å². The highest BCUT2D eigenvalue weighted by molar-refractivity contribution is 6.14. The smallest absolute Gasteiger partial charge is 0.112 e. The van der Waals surface area contributed by atoms with E-state index < -0.39 is 0 Å². The first-order valence-electron chi connectivity index (χ1n) is 14.6. The molecule has 6 aromatic rings. The number of hydrogen-bond donors (Lipinski definition) is 0. The Morgan fingerprint density at radius 2 is 1.41 bits per heavy atom. The van der Waals surface area contributed by atoms with E-state index in [-0.39, 0.29) is 0 Å². The molecule has 1 aliphatic carbocycles. The lowest BCUT2D eigenvalue weighted by atomic mass is 9.72. The Balaban J connectivity index is 1.05. The molecule has 8 rings (SSSR count). The molecule has 41 heavy (non-hydrogen) atoms. The second-order valence-corrected chi connectivity index (χ2v) is 11.4. The Kier molecular flexibility index (Phi) is 5.70. The number of nitrogens with zero attached hydrogens (tertiary/aromatic N) is 3. The predicted molar refractivity (Wildman–Crippen MR) is 171 cm³/mol. The number of benzene rings is 4. The van der Waals surface area contributed by atoms with Gasteiger partial charge in [0.2, 0.25) is 0 Å². The zero-order valence-corrected chi connectivity index (χ0v) is 23.2. The first-order chi connectivity index (χ1) is 20.3. The lowest BCUT2D eigenvalue weighted by Gasteiger charge is -2.32. The van der Waals surface area contributed by atoms with E-state index in [4.69, 9.17) is 9.98 Å². The number of allylic oxidation sites excluding steroid dienone is 1. The van der Waals surface area contributed by atoms with E-state index in [0.29, 0.717) is 18.4 Å². The third kappa shape index (κ3) is 3.95. The van der Waals surface area contributed by atoms with Crippen molar-refractivity contribution in [3.8, 4) is 11.1 Å². The van der Waals surface area contributed by atoms with Crippen LogP contribution in [0.5, 0.6) is 0 Å². The maximum Gasteiger partial charge on any atom is 0.112 e. The maximum atomic E-state index is 5.09. The largest absolute Gasteiger partial charge is 0.297 e. The van der Waals surface area contributed by atoms with Gasteiger partial charge in [-0.3, -0.25) is 14.5 Å². The van der Waals surface area contributed by atoms with Crippen molar-refractivity contribution in [2.45, 2.75) is 31.6 Å². The third-order valence-electron chi connectivity index (χ3n) is 9.14. The summed E-state index contributed by atoms with van der Waals surface area (Å²) in [6.45, 7) is 3.00. The van der Waals surface area contributed by atoms with Crippen LogP contribution >= 0.6 is 0 Å². The van der Waals surface area contributed by atoms with Crippen LogP contribution in [0, 0.1) is 0 Å². The van der Waals surface area contributed by atoms with E-state index in [0.717, 1.165) is 24.4 Å². The molecular formula is C38H31N3. The van der Waals surface area contributed by atoms with E-state index in [1.54, 1.807) is 0 Å². The van der Waals surface area contributed by atoms with Gasteiger partial charge in [-0.2, -0.15) is 0 Å². The molecule has 198 valence electrons. The lowest BCUT2D eigenvalue weighted by Crippen LogP contribution is -2.18. The molecule has 4 aromatic carbocycles. The fourth-order valence-corrected chi connectivity index (χ4v) is 6.98. The number of pyridine rings is 1. The van der Waals surface area contributed by atoms with E-state index in [1.807, 2.05) is 0 Å². The topological polar surface area (TPSA) is 30.2 Å². The number of aliphatic imine (C=N–C) groups is 1. The number of hydrogen-bond acceptors (Lipinski definition) is 2. The van der Waals surface area contributed by atoms with Gasteiger partial charge in [0.05, 0.1) is 17.6 Å². The number of para-hydroxylation sites is 2. The molecule has 3 heterocycles. The molecule has 3 nitrogen and oxygen atoms in total. The number of dihydropyridines is 1. The monoisotopic (exact) mass is 529 g/mol. The van der Waals surface area contributed by atoms with Crippen molar-refractivity contribution in [3.05, 3.63) is 144 Å². The highest BCUT2D eigenvalue weighted by atomic mass is 15.1. The van der Waals surface area contributed by atoms with Crippen molar-refractivity contribution in [3.63, 3.8) is 0 Å². The highest BCUT2D eigenvalue weighted by Gasteiger charge is 2.29. The van der Waals surface area contributed by atoms with Crippen LogP contribution in [-0.4, -0.2) is 21.9 Å². The molecule has 0 bridgehead atoms. The summed E-state index contributed by atoms with van der Waals surface area (Å²) in [5, 5.41) is 2.55. The minimum atomic E-state index is 0.318. The number of aromatic nitrogens is 2. The Bertz CT molecular complexity index is 1940. The zero-order chi connectivity index (χ0) is 27.3. The van der Waals surface area contributed by atoms with Crippen molar-refractivity contribution in [1.82, 2.24) is 9.55 Å². The van der Waals surface area contributed by atoms with Gasteiger partial charge >= 0.3 is 0 Å². The molecule has 2 aliphatic rings. The Hall–Kier alpha value is -4.76. The average molecular weight is 530 g/mol. The molecule has 0 fully saturated rings. The molecule has 0 radical (unpaired) electrons. The molecule has 0 N–H and O–H groups in total. The molecule has 0 saturated heterocycles. The molecule has 0 amide bonds. The molecular weight excluding hydrogens is 498 g/mol. The van der Waals surface area contributed by atoms with Crippen molar-refractivity contribution in [2.75, 3.05) is 6.54 Å². The van der Waals surface area contributed by atoms with Crippen LogP contribution in [0.25, 0.3) is 38.5 Å². The van der Waals surface area contributed by atoms with Gasteiger partial charge in [-0.25, -0.2) is 0 Å². The average Bonchev–Trinajstić information content (AvgIpc) is 3.39. The van der Waals surface area contributed by atoms with Gasteiger partial charge < -0.3 is 0 Å². The molecule has 0 saturated carbocycles. The van der Waals surface area contributed by atoms with Crippen LogP contribution in [-0.2, 0) is 6.42 Å². The van der Waals surface area contributed by atoms with Crippen LogP contribution in [0.3, 0.4) is 0 Å². The van der Waals surface area contributed by atoms with E-state index in [1.165, 1.54) is 55.2 Å². The van der Waals surface area contributed by atoms with Crippen molar-refractivity contribution >= 4 is 33.2 Å². The van der Waals surface area contributed by atoms with Crippen LogP contribution in [0.1, 0.15) is 47.6 Å². The van der Waals surface area contributed by atoms with E-state index >= 15 is 0 Å². The maximum absolute atomic E-state index is 5.09. The minimum Gasteiger partial charge on any atom is -0.297 e. The van der Waals surface area contributed by atoms with Crippen LogP contribution in [0.15, 0.2) is 126 Å². The number of fused-ring (bicyclic) bond motifs is 6. The second-order valence-electron chi connectivity index (χ2n) is 11.4. The lowest BCUT2D eigenvalue weighted by molar-refractivity contribution is 0.556. The zero-order valence-electron chi connectivity index (χ0n) is 23.2. The second kappa shape index (κ2) is 9.71. The van der Waals surface area contributed by atoms with Gasteiger partial charge in [-0.05, 0) is 63.9 Å². The van der Waals surface area contributed by atoms with Gasteiger partial charge in [0.15, 0.2) is 0 Å². The minimum absolute atomic E-state index is 0.318. The highest BCUT2D eigenvalue weighted by Crippen LogP contribution is 2.45. The summed E-state index contributed by atoms with van der Waals surface area (Å²) in [6, 6.07) is 39.5. The molecule has 2 unspecified atom stereocenters. The normalized spacial score (nSPS) is 17.0. The van der Waals surface area contributed by atoms with Crippen LogP contribution < -0.4 is 0 Å². The van der Waals surface area contributed by atoms with E-state index in [9.17, 15) is 0 Å². The Morgan fingerprint density at radius 3 is 2.12 bits per heavy atom. The van der Waals surface area contributed by atoms with Crippen molar-refractivity contribution in [1.29, 1.82) is 0 Å². The van der Waals surface area contributed by atoms with Crippen LogP contribution in [0.2, 0.25) is 0 Å². The number of rotatable bonds is 3. The quantitative estimate of drug-likeness (QED) is 0.225. The Morgan fingerprint density at radius 1 is 0.732 bits per heavy atom. The predicted octanol–water partition coefficient (Wildman–Crippen LogP) is 9.03. The SMILES string of the molecule is CC(c1ccc(C2=CCC(n3c4ccccc4c4ccccc43)=NC2)cn1)C1Cc2ccccc2-c2ccccc21. The molecule has 2 atom stereocenters. The van der Waals surface area contributed by atoms with Crippen molar-refractivity contribution < 1.29 is 0 Å². The third-order valence-corrected chi connectivity index (χ3v) is 9.14. The summed E-state index contributed by atoms with van der Waals surface area (Å²) in [5.74, 6) is 1.83. The fourth-order valence-electron chi connectivity index (χ4n) is 6.98. The summed E-state index contributed by atoms with van der Waals surface area (Å²) in [6.07, 6.45) is 6.24. The van der Waals surface area contributed by atoms with Crippen molar-refractivity contribution in [2.24, 2.45) is 4.99 Å². The van der Waals surface area contributed by atoms with Gasteiger partial charge in [0, 0.05) is 35.0 Å². The molecule has 2 aromatic heterocycles. The molecule has 0 spiro atoms. The van der Waals surface area contributed by atoms with Gasteiger partial charge in [-0.1, -0.05) is 104 Å². The molecule has 3 heteroatoms. The summed E-state index contributed by atoms with van der Waals surface area (Å²) in [5.41, 5.74) is 11.6. The first kappa shape index (κ1) is 24.1. The standard InChI is InChI=1S/C38H31N3/c1-25(34-22-26-10-2-3-11-29(26)30-12-4-5-13-31(30)34)35-20-18-27(23-39-35)28-19-21-38(40-24-28)41-36-16-8-6-14-32(36)33-15-7-9-17-37(33)41/h2-20,23,25,34H,21-22,24H2,1H3. The summed E-state index contributed by atoms with van der Waals surface area (Å²) in [7, 11) is 0. The summed E-state index contributed by atoms with van der Waals surface area (Å²) in [4.78, 5) is 10.1. The summed E-state index contributed by atoms with van der Waals surface area (Å²) >= 11 is 0. The van der Waals surface area contributed by atoms with E-state index in [2.05, 4.69) is 133 Å². The van der Waals surface area contributed by atoms with Crippen LogP contribution in [0.4, 0.5) is 0 Å². The van der Waals surface area contributed by atoms with Gasteiger partial charge in [-0.15, -0.1) is 0 Å². The first-order valence-corrected chi connectivity index (χ1v) is 14.6.